The Bertz CT molecular complexity index is 359. The highest BCUT2D eigenvalue weighted by atomic mass is 16.4. The number of hydrogen-bond donors (Lipinski definition) is 3. The van der Waals surface area contributed by atoms with Crippen LogP contribution < -0.4 is 10.6 Å². The number of rotatable bonds is 4. The monoisotopic (exact) mass is 296 g/mol. The highest BCUT2D eigenvalue weighted by Gasteiger charge is 2.27. The Balaban J connectivity index is 1.68. The van der Waals surface area contributed by atoms with E-state index < -0.39 is 5.97 Å². The second-order valence-electron chi connectivity index (χ2n) is 6.69. The van der Waals surface area contributed by atoms with E-state index in [9.17, 15) is 9.59 Å². The van der Waals surface area contributed by atoms with Gasteiger partial charge >= 0.3 is 12.0 Å². The first-order valence-corrected chi connectivity index (χ1v) is 8.36. The zero-order chi connectivity index (χ0) is 15.2. The largest absolute Gasteiger partial charge is 0.481 e. The van der Waals surface area contributed by atoms with Crippen LogP contribution in [0.25, 0.3) is 0 Å². The number of carboxylic acid groups (broad SMARTS) is 1. The molecule has 120 valence electrons. The average molecular weight is 296 g/mol. The van der Waals surface area contributed by atoms with Crippen molar-refractivity contribution in [2.24, 2.45) is 11.8 Å². The van der Waals surface area contributed by atoms with Crippen molar-refractivity contribution in [1.82, 2.24) is 10.6 Å². The molecule has 0 aromatic rings. The van der Waals surface area contributed by atoms with E-state index in [1.807, 2.05) is 0 Å². The van der Waals surface area contributed by atoms with E-state index in [4.69, 9.17) is 5.11 Å². The van der Waals surface area contributed by atoms with Crippen molar-refractivity contribution in [2.75, 3.05) is 0 Å². The third kappa shape index (κ3) is 4.90. The standard InChI is InChI=1S/C16H28N2O3/c1-11(12-5-3-2-4-6-12)17-16(21)18-14-9-7-13(8-10-14)15(19)20/h11-14H,2-10H2,1H3,(H,19,20)(H2,17,18,21). The maximum Gasteiger partial charge on any atom is 0.315 e. The molecule has 5 heteroatoms. The second kappa shape index (κ2) is 7.66. The van der Waals surface area contributed by atoms with Gasteiger partial charge in [-0.25, -0.2) is 4.79 Å². The summed E-state index contributed by atoms with van der Waals surface area (Å²) in [5, 5.41) is 15.0. The van der Waals surface area contributed by atoms with Gasteiger partial charge in [-0.3, -0.25) is 4.79 Å². The maximum atomic E-state index is 12.0. The number of nitrogens with one attached hydrogen (secondary N) is 2. The number of aliphatic carboxylic acids is 1. The van der Waals surface area contributed by atoms with Crippen molar-refractivity contribution < 1.29 is 14.7 Å². The third-order valence-corrected chi connectivity index (χ3v) is 5.13. The Kier molecular flexibility index (Phi) is 5.88. The Morgan fingerprint density at radius 3 is 2.19 bits per heavy atom. The fourth-order valence-corrected chi connectivity index (χ4v) is 3.67. The first kappa shape index (κ1) is 16.1. The van der Waals surface area contributed by atoms with Gasteiger partial charge < -0.3 is 15.7 Å². The van der Waals surface area contributed by atoms with Crippen LogP contribution in [0, 0.1) is 11.8 Å². The Morgan fingerprint density at radius 2 is 1.62 bits per heavy atom. The molecule has 0 heterocycles. The van der Waals surface area contributed by atoms with Gasteiger partial charge in [0.05, 0.1) is 5.92 Å². The Morgan fingerprint density at radius 1 is 1.00 bits per heavy atom. The van der Waals surface area contributed by atoms with Crippen LogP contribution in [0.3, 0.4) is 0 Å². The normalized spacial score (nSPS) is 28.6. The highest BCUT2D eigenvalue weighted by molar-refractivity contribution is 5.74. The number of amides is 2. The summed E-state index contributed by atoms with van der Waals surface area (Å²) in [5.41, 5.74) is 0. The second-order valence-corrected chi connectivity index (χ2v) is 6.69. The van der Waals surface area contributed by atoms with E-state index >= 15 is 0 Å². The highest BCUT2D eigenvalue weighted by Crippen LogP contribution is 2.27. The molecule has 0 aliphatic heterocycles. The lowest BCUT2D eigenvalue weighted by molar-refractivity contribution is -0.142. The quantitative estimate of drug-likeness (QED) is 0.746. The molecule has 2 aliphatic rings. The predicted molar refractivity (Wildman–Crippen MR) is 81.1 cm³/mol. The number of carbonyl (C=O) groups is 2. The van der Waals surface area contributed by atoms with Gasteiger partial charge in [0, 0.05) is 12.1 Å². The molecule has 2 amide bonds. The van der Waals surface area contributed by atoms with Gasteiger partial charge in [-0.05, 0) is 51.4 Å². The van der Waals surface area contributed by atoms with Gasteiger partial charge in [0.1, 0.15) is 0 Å². The average Bonchev–Trinajstić information content (AvgIpc) is 2.48. The number of carboxylic acids is 1. The van der Waals surface area contributed by atoms with Crippen molar-refractivity contribution in [3.05, 3.63) is 0 Å². The van der Waals surface area contributed by atoms with Crippen molar-refractivity contribution >= 4 is 12.0 Å². The summed E-state index contributed by atoms with van der Waals surface area (Å²) in [6, 6.07) is 0.256. The van der Waals surface area contributed by atoms with Gasteiger partial charge in [-0.15, -0.1) is 0 Å². The maximum absolute atomic E-state index is 12.0. The molecule has 3 N–H and O–H groups in total. The number of carbonyl (C=O) groups excluding carboxylic acids is 1. The molecule has 2 fully saturated rings. The van der Waals surface area contributed by atoms with E-state index in [0.29, 0.717) is 18.8 Å². The van der Waals surface area contributed by atoms with Gasteiger partial charge in [-0.2, -0.15) is 0 Å². The molecule has 0 spiro atoms. The summed E-state index contributed by atoms with van der Waals surface area (Å²) in [5.74, 6) is -0.330. The van der Waals surface area contributed by atoms with Gasteiger partial charge in [-0.1, -0.05) is 19.3 Å². The molecule has 2 rings (SSSR count). The van der Waals surface area contributed by atoms with Crippen LogP contribution in [-0.2, 0) is 4.79 Å². The van der Waals surface area contributed by atoms with Gasteiger partial charge in [0.2, 0.25) is 0 Å². The molecule has 0 aromatic carbocycles. The van der Waals surface area contributed by atoms with Crippen molar-refractivity contribution in [1.29, 1.82) is 0 Å². The SMILES string of the molecule is CC(NC(=O)NC1CCC(C(=O)O)CC1)C1CCCCC1. The smallest absolute Gasteiger partial charge is 0.315 e. The molecule has 0 bridgehead atoms. The van der Waals surface area contributed by atoms with Crippen LogP contribution >= 0.6 is 0 Å². The number of urea groups is 1. The molecule has 1 atom stereocenters. The minimum Gasteiger partial charge on any atom is -0.481 e. The molecule has 2 saturated carbocycles. The topological polar surface area (TPSA) is 78.4 Å². The fourth-order valence-electron chi connectivity index (χ4n) is 3.67. The predicted octanol–water partition coefficient (Wildman–Crippen LogP) is 2.90. The summed E-state index contributed by atoms with van der Waals surface area (Å²) in [6.45, 7) is 2.09. The minimum absolute atomic E-state index is 0.0909. The zero-order valence-corrected chi connectivity index (χ0v) is 12.9. The van der Waals surface area contributed by atoms with Crippen molar-refractivity contribution in [3.63, 3.8) is 0 Å². The first-order chi connectivity index (χ1) is 10.1. The lowest BCUT2D eigenvalue weighted by atomic mass is 9.84. The van der Waals surface area contributed by atoms with Gasteiger partial charge in [0.25, 0.3) is 0 Å². The van der Waals surface area contributed by atoms with Gasteiger partial charge in [0.15, 0.2) is 0 Å². The minimum atomic E-state index is -0.705. The lowest BCUT2D eigenvalue weighted by Gasteiger charge is -2.30. The van der Waals surface area contributed by atoms with Crippen LogP contribution in [0.4, 0.5) is 4.79 Å². The molecule has 21 heavy (non-hydrogen) atoms. The molecule has 1 unspecified atom stereocenters. The molecule has 0 aromatic heterocycles. The molecule has 0 saturated heterocycles. The zero-order valence-electron chi connectivity index (χ0n) is 12.9. The van der Waals surface area contributed by atoms with Crippen molar-refractivity contribution in [2.45, 2.75) is 76.8 Å². The Labute approximate surface area is 126 Å². The van der Waals surface area contributed by atoms with E-state index in [0.717, 1.165) is 12.8 Å². The summed E-state index contributed by atoms with van der Waals surface area (Å²) in [7, 11) is 0. The van der Waals surface area contributed by atoms with Crippen LogP contribution in [0.15, 0.2) is 0 Å². The molecule has 0 radical (unpaired) electrons. The molecule has 2 aliphatic carbocycles. The first-order valence-electron chi connectivity index (χ1n) is 8.36. The van der Waals surface area contributed by atoms with E-state index in [1.165, 1.54) is 32.1 Å². The number of hydrogen-bond acceptors (Lipinski definition) is 2. The lowest BCUT2D eigenvalue weighted by Crippen LogP contribution is -2.48. The van der Waals surface area contributed by atoms with Crippen LogP contribution in [0.2, 0.25) is 0 Å². The molecular weight excluding hydrogens is 268 g/mol. The molecular formula is C16H28N2O3. The van der Waals surface area contributed by atoms with Crippen LogP contribution in [0.1, 0.15) is 64.7 Å². The van der Waals surface area contributed by atoms with Crippen LogP contribution in [-0.4, -0.2) is 29.2 Å². The van der Waals surface area contributed by atoms with Crippen molar-refractivity contribution in [3.8, 4) is 0 Å². The van der Waals surface area contributed by atoms with Crippen LogP contribution in [0.5, 0.6) is 0 Å². The Hall–Kier alpha value is -1.26. The summed E-state index contributed by atoms with van der Waals surface area (Å²) < 4.78 is 0. The summed E-state index contributed by atoms with van der Waals surface area (Å²) in [6.07, 6.45) is 9.16. The summed E-state index contributed by atoms with van der Waals surface area (Å²) in [4.78, 5) is 22.9. The third-order valence-electron chi connectivity index (χ3n) is 5.13. The van der Waals surface area contributed by atoms with E-state index in [1.54, 1.807) is 0 Å². The fraction of sp³-hybridized carbons (Fsp3) is 0.875. The summed E-state index contributed by atoms with van der Waals surface area (Å²) >= 11 is 0. The molecule has 5 nitrogen and oxygen atoms in total. The van der Waals surface area contributed by atoms with E-state index in [-0.39, 0.29) is 24.0 Å². The van der Waals surface area contributed by atoms with E-state index in [2.05, 4.69) is 17.6 Å².